The number of nitrogens with one attached hydrogen (secondary N) is 1. The van der Waals surface area contributed by atoms with Crippen molar-refractivity contribution >= 4 is 15.7 Å². The zero-order valence-electron chi connectivity index (χ0n) is 16.9. The minimum Gasteiger partial charge on any atom is -0.340 e. The molecule has 0 spiro atoms. The average molecular weight is 375 g/mol. The van der Waals surface area contributed by atoms with E-state index in [-0.39, 0.29) is 28.5 Å². The molecule has 25 heavy (non-hydrogen) atoms. The topological polar surface area (TPSA) is 66.5 Å². The molecule has 5 nitrogen and oxygen atoms in total. The van der Waals surface area contributed by atoms with Gasteiger partial charge in [0.05, 0.1) is 11.5 Å². The number of hydrogen-bond donors (Lipinski definition) is 1. The third-order valence-corrected chi connectivity index (χ3v) is 6.41. The second-order valence-corrected chi connectivity index (χ2v) is 11.1. The molecule has 1 aliphatic rings. The lowest BCUT2D eigenvalue weighted by atomic mass is 9.96. The summed E-state index contributed by atoms with van der Waals surface area (Å²) in [6, 6.07) is 0. The molecule has 1 rings (SSSR count). The first-order valence-electron chi connectivity index (χ1n) is 9.74. The number of rotatable bonds is 10. The third-order valence-electron chi connectivity index (χ3n) is 4.69. The third kappa shape index (κ3) is 9.04. The quantitative estimate of drug-likeness (QED) is 0.597. The Morgan fingerprint density at radius 1 is 0.960 bits per heavy atom. The summed E-state index contributed by atoms with van der Waals surface area (Å²) < 4.78 is 24.6. The summed E-state index contributed by atoms with van der Waals surface area (Å²) >= 11 is 0. The first-order chi connectivity index (χ1) is 11.5. The molecular weight excluding hydrogens is 336 g/mol. The highest BCUT2D eigenvalue weighted by molar-refractivity contribution is 7.91. The average Bonchev–Trinajstić information content (AvgIpc) is 2.52. The number of hydrogen-bond acceptors (Lipinski definition) is 4. The molecule has 0 unspecified atom stereocenters. The van der Waals surface area contributed by atoms with Crippen molar-refractivity contribution in [2.75, 3.05) is 24.6 Å². The molecule has 0 aliphatic carbocycles. The zero-order valence-corrected chi connectivity index (χ0v) is 17.7. The lowest BCUT2D eigenvalue weighted by Gasteiger charge is -2.34. The zero-order chi connectivity index (χ0) is 19.1. The second kappa shape index (κ2) is 9.36. The summed E-state index contributed by atoms with van der Waals surface area (Å²) in [5, 5.41) is 3.50. The Balaban J connectivity index is 2.47. The lowest BCUT2D eigenvalue weighted by molar-refractivity contribution is -0.131. The Labute approximate surface area is 154 Å². The van der Waals surface area contributed by atoms with Crippen LogP contribution in [0.4, 0.5) is 0 Å². The molecule has 1 fully saturated rings. The van der Waals surface area contributed by atoms with Crippen molar-refractivity contribution in [1.82, 2.24) is 10.2 Å². The Hall–Kier alpha value is -0.620. The van der Waals surface area contributed by atoms with Crippen LogP contribution in [-0.2, 0) is 14.6 Å². The van der Waals surface area contributed by atoms with Crippen molar-refractivity contribution in [1.29, 1.82) is 0 Å². The predicted octanol–water partition coefficient (Wildman–Crippen LogP) is 3.14. The Kier molecular flexibility index (Phi) is 8.39. The van der Waals surface area contributed by atoms with Crippen molar-refractivity contribution in [3.05, 3.63) is 0 Å². The van der Waals surface area contributed by atoms with Gasteiger partial charge in [-0.3, -0.25) is 4.79 Å². The van der Waals surface area contributed by atoms with Crippen LogP contribution in [0.3, 0.4) is 0 Å². The van der Waals surface area contributed by atoms with Gasteiger partial charge in [-0.05, 0) is 34.1 Å². The molecule has 6 heteroatoms. The maximum Gasteiger partial charge on any atom is 0.224 e. The molecule has 0 atom stereocenters. The molecule has 0 bridgehead atoms. The van der Waals surface area contributed by atoms with Crippen molar-refractivity contribution in [2.45, 2.75) is 90.6 Å². The van der Waals surface area contributed by atoms with E-state index < -0.39 is 9.84 Å². The van der Waals surface area contributed by atoms with Gasteiger partial charge in [0, 0.05) is 30.6 Å². The number of unbranched alkanes of at least 4 members (excludes halogenated alkanes) is 5. The van der Waals surface area contributed by atoms with Gasteiger partial charge in [0.15, 0.2) is 9.84 Å². The van der Waals surface area contributed by atoms with E-state index in [9.17, 15) is 13.2 Å². The molecular formula is C19H38N2O3S. The van der Waals surface area contributed by atoms with Crippen molar-refractivity contribution in [3.63, 3.8) is 0 Å². The molecule has 1 amide bonds. The van der Waals surface area contributed by atoms with Crippen LogP contribution in [0.15, 0.2) is 0 Å². The van der Waals surface area contributed by atoms with Gasteiger partial charge in [-0.2, -0.15) is 0 Å². The first kappa shape index (κ1) is 22.4. The summed E-state index contributed by atoms with van der Waals surface area (Å²) in [6.07, 6.45) is 6.84. The van der Waals surface area contributed by atoms with E-state index in [1.54, 1.807) is 4.90 Å². The van der Waals surface area contributed by atoms with Crippen LogP contribution in [0.5, 0.6) is 0 Å². The number of carbonyl (C=O) groups is 1. The fourth-order valence-corrected chi connectivity index (χ4v) is 5.06. The Bertz CT molecular complexity index is 527. The summed E-state index contributed by atoms with van der Waals surface area (Å²) in [5.41, 5.74) is -0.495. The van der Waals surface area contributed by atoms with Gasteiger partial charge < -0.3 is 10.2 Å². The van der Waals surface area contributed by atoms with Gasteiger partial charge >= 0.3 is 0 Å². The Morgan fingerprint density at radius 3 is 2.20 bits per heavy atom. The van der Waals surface area contributed by atoms with Gasteiger partial charge in [0.1, 0.15) is 0 Å². The number of sulfone groups is 1. The smallest absolute Gasteiger partial charge is 0.224 e. The molecule has 148 valence electrons. The lowest BCUT2D eigenvalue weighted by Crippen LogP contribution is -2.53. The summed E-state index contributed by atoms with van der Waals surface area (Å²) in [5.74, 6) is 0.358. The van der Waals surface area contributed by atoms with Crippen LogP contribution >= 0.6 is 0 Å². The van der Waals surface area contributed by atoms with Crippen molar-refractivity contribution in [2.24, 2.45) is 0 Å². The normalized spacial score (nSPS) is 20.5. The molecule has 1 aliphatic heterocycles. The first-order valence-corrected chi connectivity index (χ1v) is 11.6. The van der Waals surface area contributed by atoms with E-state index in [0.717, 1.165) is 19.3 Å². The molecule has 1 saturated heterocycles. The number of nitrogens with zero attached hydrogens (tertiary/aromatic N) is 1. The minimum absolute atomic E-state index is 0.0397. The molecule has 0 radical (unpaired) electrons. The van der Waals surface area contributed by atoms with Crippen LogP contribution in [0, 0.1) is 0 Å². The predicted molar refractivity (Wildman–Crippen MR) is 105 cm³/mol. The molecule has 0 saturated carbocycles. The van der Waals surface area contributed by atoms with Crippen molar-refractivity contribution < 1.29 is 13.2 Å². The van der Waals surface area contributed by atoms with Gasteiger partial charge in [-0.15, -0.1) is 0 Å². The fourth-order valence-electron chi connectivity index (χ4n) is 3.71. The highest BCUT2D eigenvalue weighted by Gasteiger charge is 2.37. The van der Waals surface area contributed by atoms with E-state index in [0.29, 0.717) is 19.5 Å². The highest BCUT2D eigenvalue weighted by atomic mass is 32.2. The highest BCUT2D eigenvalue weighted by Crippen LogP contribution is 2.22. The summed E-state index contributed by atoms with van der Waals surface area (Å²) in [7, 11) is -3.09. The second-order valence-electron chi connectivity index (χ2n) is 8.80. The SMILES string of the molecule is CCCCCCCCS(=O)(=O)CCN1CC(C)(C)NC(C)(C)CC1=O. The van der Waals surface area contributed by atoms with E-state index in [2.05, 4.69) is 26.1 Å². The van der Waals surface area contributed by atoms with Crippen LogP contribution in [0.25, 0.3) is 0 Å². The van der Waals surface area contributed by atoms with Crippen LogP contribution in [-0.4, -0.2) is 54.9 Å². The molecule has 0 aromatic heterocycles. The van der Waals surface area contributed by atoms with Crippen LogP contribution in [0.2, 0.25) is 0 Å². The van der Waals surface area contributed by atoms with Crippen molar-refractivity contribution in [3.8, 4) is 0 Å². The maximum absolute atomic E-state index is 12.5. The van der Waals surface area contributed by atoms with Crippen LogP contribution < -0.4 is 5.32 Å². The number of amides is 1. The van der Waals surface area contributed by atoms with E-state index in [1.807, 2.05) is 13.8 Å². The van der Waals surface area contributed by atoms with Gasteiger partial charge in [0.25, 0.3) is 0 Å². The van der Waals surface area contributed by atoms with Gasteiger partial charge in [-0.1, -0.05) is 39.0 Å². The number of carbonyl (C=O) groups excluding carboxylic acids is 1. The fraction of sp³-hybridized carbons (Fsp3) is 0.947. The minimum atomic E-state index is -3.09. The van der Waals surface area contributed by atoms with E-state index in [4.69, 9.17) is 0 Å². The monoisotopic (exact) mass is 374 g/mol. The Morgan fingerprint density at radius 2 is 1.56 bits per heavy atom. The van der Waals surface area contributed by atoms with E-state index in [1.165, 1.54) is 19.3 Å². The molecule has 1 heterocycles. The standard InChI is InChI=1S/C19H38N2O3S/c1-6-7-8-9-10-11-13-25(23,24)14-12-21-16-19(4,5)20-18(2,3)15-17(21)22/h20H,6-16H2,1-5H3. The van der Waals surface area contributed by atoms with E-state index >= 15 is 0 Å². The molecule has 0 aromatic rings. The molecule has 0 aromatic carbocycles. The van der Waals surface area contributed by atoms with Crippen LogP contribution in [0.1, 0.15) is 79.6 Å². The summed E-state index contributed by atoms with van der Waals surface area (Å²) in [4.78, 5) is 14.2. The largest absolute Gasteiger partial charge is 0.340 e. The van der Waals surface area contributed by atoms with Gasteiger partial charge in [-0.25, -0.2) is 8.42 Å². The maximum atomic E-state index is 12.5. The molecule has 1 N–H and O–H groups in total. The summed E-state index contributed by atoms with van der Waals surface area (Å²) in [6.45, 7) is 11.2. The van der Waals surface area contributed by atoms with Gasteiger partial charge in [0.2, 0.25) is 5.91 Å².